The van der Waals surface area contributed by atoms with Crippen LogP contribution in [0.4, 0.5) is 8.78 Å². The highest BCUT2D eigenvalue weighted by Gasteiger charge is 2.32. The molecular formula is C16H23F2N. The minimum absolute atomic E-state index is 0.0750. The predicted molar refractivity (Wildman–Crippen MR) is 73.9 cm³/mol. The lowest BCUT2D eigenvalue weighted by Gasteiger charge is -2.36. The standard InChI is InChI=1S/C16H23F2N/c1-2-3-11-4-5-12(10-19)14(8-11)15-9-13(17)6-7-16(15)18/h6-7,9,11-12,14H,2-5,8,10,19H2,1H3. The Morgan fingerprint density at radius 2 is 2.05 bits per heavy atom. The van der Waals surface area contributed by atoms with Gasteiger partial charge in [-0.05, 0) is 60.9 Å². The van der Waals surface area contributed by atoms with Crippen molar-refractivity contribution in [3.63, 3.8) is 0 Å². The molecule has 1 aromatic rings. The van der Waals surface area contributed by atoms with E-state index in [1.807, 2.05) is 0 Å². The third kappa shape index (κ3) is 3.33. The molecule has 1 aromatic carbocycles. The molecule has 1 saturated carbocycles. The van der Waals surface area contributed by atoms with E-state index in [2.05, 4.69) is 6.92 Å². The van der Waals surface area contributed by atoms with Crippen molar-refractivity contribution in [1.29, 1.82) is 0 Å². The molecule has 0 saturated heterocycles. The van der Waals surface area contributed by atoms with Gasteiger partial charge in [-0.25, -0.2) is 8.78 Å². The Labute approximate surface area is 114 Å². The molecule has 0 bridgehead atoms. The second kappa shape index (κ2) is 6.47. The summed E-state index contributed by atoms with van der Waals surface area (Å²) in [7, 11) is 0. The van der Waals surface area contributed by atoms with Crippen molar-refractivity contribution in [1.82, 2.24) is 0 Å². The lowest BCUT2D eigenvalue weighted by Crippen LogP contribution is -2.29. The third-order valence-electron chi connectivity index (χ3n) is 4.46. The molecule has 3 heteroatoms. The molecule has 1 aliphatic rings. The van der Waals surface area contributed by atoms with Crippen molar-refractivity contribution in [3.8, 4) is 0 Å². The van der Waals surface area contributed by atoms with Gasteiger partial charge in [-0.2, -0.15) is 0 Å². The van der Waals surface area contributed by atoms with Crippen molar-refractivity contribution in [2.75, 3.05) is 6.54 Å². The fourth-order valence-electron chi connectivity index (χ4n) is 3.45. The van der Waals surface area contributed by atoms with Gasteiger partial charge < -0.3 is 5.73 Å². The SMILES string of the molecule is CCCC1CCC(CN)C(c2cc(F)ccc2F)C1. The summed E-state index contributed by atoms with van der Waals surface area (Å²) in [6.07, 6.45) is 5.46. The summed E-state index contributed by atoms with van der Waals surface area (Å²) in [6, 6.07) is 3.78. The Morgan fingerprint density at radius 3 is 2.74 bits per heavy atom. The topological polar surface area (TPSA) is 26.0 Å². The first kappa shape index (κ1) is 14.4. The maximum Gasteiger partial charge on any atom is 0.126 e. The molecule has 19 heavy (non-hydrogen) atoms. The smallest absolute Gasteiger partial charge is 0.126 e. The Bertz CT molecular complexity index is 419. The van der Waals surface area contributed by atoms with Gasteiger partial charge in [0, 0.05) is 0 Å². The average molecular weight is 267 g/mol. The van der Waals surface area contributed by atoms with E-state index < -0.39 is 0 Å². The third-order valence-corrected chi connectivity index (χ3v) is 4.46. The van der Waals surface area contributed by atoms with Gasteiger partial charge >= 0.3 is 0 Å². The van der Waals surface area contributed by atoms with Crippen molar-refractivity contribution in [3.05, 3.63) is 35.4 Å². The molecule has 3 unspecified atom stereocenters. The van der Waals surface area contributed by atoms with Crippen LogP contribution in [0.5, 0.6) is 0 Å². The molecule has 1 aliphatic carbocycles. The maximum absolute atomic E-state index is 14.0. The highest BCUT2D eigenvalue weighted by molar-refractivity contribution is 5.24. The van der Waals surface area contributed by atoms with E-state index in [0.717, 1.165) is 19.3 Å². The monoisotopic (exact) mass is 267 g/mol. The summed E-state index contributed by atoms with van der Waals surface area (Å²) in [4.78, 5) is 0. The summed E-state index contributed by atoms with van der Waals surface area (Å²) in [6.45, 7) is 2.73. The zero-order valence-electron chi connectivity index (χ0n) is 11.5. The highest BCUT2D eigenvalue weighted by atomic mass is 19.1. The molecule has 1 fully saturated rings. The number of benzene rings is 1. The number of halogens is 2. The van der Waals surface area contributed by atoms with Crippen LogP contribution in [0.2, 0.25) is 0 Å². The van der Waals surface area contributed by atoms with E-state index in [9.17, 15) is 8.78 Å². The van der Waals surface area contributed by atoms with Gasteiger partial charge in [0.05, 0.1) is 0 Å². The van der Waals surface area contributed by atoms with Crippen molar-refractivity contribution in [2.24, 2.45) is 17.6 Å². The summed E-state index contributed by atoms with van der Waals surface area (Å²) in [5.74, 6) is 0.336. The first-order chi connectivity index (χ1) is 9.15. The molecule has 2 N–H and O–H groups in total. The molecule has 0 radical (unpaired) electrons. The van der Waals surface area contributed by atoms with Crippen LogP contribution < -0.4 is 5.73 Å². The van der Waals surface area contributed by atoms with Gasteiger partial charge in [0.25, 0.3) is 0 Å². The first-order valence-electron chi connectivity index (χ1n) is 7.30. The Morgan fingerprint density at radius 1 is 1.26 bits per heavy atom. The Balaban J connectivity index is 2.24. The first-order valence-corrected chi connectivity index (χ1v) is 7.30. The van der Waals surface area contributed by atoms with Gasteiger partial charge in [0.1, 0.15) is 11.6 Å². The predicted octanol–water partition coefficient (Wildman–Crippen LogP) is 4.22. The van der Waals surface area contributed by atoms with E-state index in [1.165, 1.54) is 31.0 Å². The minimum Gasteiger partial charge on any atom is -0.330 e. The summed E-state index contributed by atoms with van der Waals surface area (Å²) < 4.78 is 27.3. The van der Waals surface area contributed by atoms with Gasteiger partial charge in [0.2, 0.25) is 0 Å². The largest absolute Gasteiger partial charge is 0.330 e. The average Bonchev–Trinajstić information content (AvgIpc) is 2.42. The van der Waals surface area contributed by atoms with Crippen molar-refractivity contribution >= 4 is 0 Å². The molecule has 0 aliphatic heterocycles. The van der Waals surface area contributed by atoms with Crippen LogP contribution in [0.15, 0.2) is 18.2 Å². The molecule has 3 atom stereocenters. The maximum atomic E-state index is 14.0. The molecular weight excluding hydrogens is 244 g/mol. The van der Waals surface area contributed by atoms with E-state index >= 15 is 0 Å². The van der Waals surface area contributed by atoms with Gasteiger partial charge in [-0.15, -0.1) is 0 Å². The van der Waals surface area contributed by atoms with Crippen LogP contribution in [-0.4, -0.2) is 6.54 Å². The molecule has 0 heterocycles. The quantitative estimate of drug-likeness (QED) is 0.868. The molecule has 2 rings (SSSR count). The van der Waals surface area contributed by atoms with Crippen LogP contribution in [0.25, 0.3) is 0 Å². The molecule has 0 spiro atoms. The molecule has 0 amide bonds. The van der Waals surface area contributed by atoms with Crippen molar-refractivity contribution < 1.29 is 8.78 Å². The molecule has 106 valence electrons. The minimum atomic E-state index is -0.357. The fraction of sp³-hybridized carbons (Fsp3) is 0.625. The molecule has 1 nitrogen and oxygen atoms in total. The van der Waals surface area contributed by atoms with Crippen LogP contribution in [0.1, 0.15) is 50.5 Å². The van der Waals surface area contributed by atoms with Gasteiger partial charge in [-0.1, -0.05) is 26.2 Å². The Kier molecular flexibility index (Phi) is 4.92. The summed E-state index contributed by atoms with van der Waals surface area (Å²) in [5, 5.41) is 0. The number of rotatable bonds is 4. The number of hydrogen-bond acceptors (Lipinski definition) is 1. The van der Waals surface area contributed by atoms with E-state index in [1.54, 1.807) is 0 Å². The normalized spacial score (nSPS) is 27.5. The van der Waals surface area contributed by atoms with Crippen LogP contribution in [0.3, 0.4) is 0 Å². The van der Waals surface area contributed by atoms with Gasteiger partial charge in [0.15, 0.2) is 0 Å². The van der Waals surface area contributed by atoms with Crippen LogP contribution >= 0.6 is 0 Å². The van der Waals surface area contributed by atoms with E-state index in [-0.39, 0.29) is 23.5 Å². The second-order valence-electron chi connectivity index (χ2n) is 5.74. The van der Waals surface area contributed by atoms with Crippen molar-refractivity contribution in [2.45, 2.75) is 44.9 Å². The summed E-state index contributed by atoms with van der Waals surface area (Å²) >= 11 is 0. The summed E-state index contributed by atoms with van der Waals surface area (Å²) in [5.41, 5.74) is 6.35. The fourth-order valence-corrected chi connectivity index (χ4v) is 3.45. The highest BCUT2D eigenvalue weighted by Crippen LogP contribution is 2.42. The Hall–Kier alpha value is -0.960. The number of nitrogens with two attached hydrogens (primary N) is 1. The lowest BCUT2D eigenvalue weighted by molar-refractivity contribution is 0.226. The van der Waals surface area contributed by atoms with E-state index in [0.29, 0.717) is 18.0 Å². The second-order valence-corrected chi connectivity index (χ2v) is 5.74. The molecule has 0 aromatic heterocycles. The lowest BCUT2D eigenvalue weighted by atomic mass is 9.70. The zero-order chi connectivity index (χ0) is 13.8. The van der Waals surface area contributed by atoms with Crippen LogP contribution in [-0.2, 0) is 0 Å². The van der Waals surface area contributed by atoms with E-state index in [4.69, 9.17) is 5.73 Å². The van der Waals surface area contributed by atoms with Gasteiger partial charge in [-0.3, -0.25) is 0 Å². The number of hydrogen-bond donors (Lipinski definition) is 1. The zero-order valence-corrected chi connectivity index (χ0v) is 11.5. The van der Waals surface area contributed by atoms with Crippen LogP contribution in [0, 0.1) is 23.5 Å².